The Bertz CT molecular complexity index is 717. The smallest absolute Gasteiger partial charge is 0.232 e. The minimum absolute atomic E-state index is 0.0751. The van der Waals surface area contributed by atoms with Crippen LogP contribution in [0.15, 0.2) is 34.7 Å². The molecule has 0 aliphatic heterocycles. The van der Waals surface area contributed by atoms with Crippen molar-refractivity contribution in [1.29, 1.82) is 5.26 Å². The Morgan fingerprint density at radius 2 is 2.05 bits per heavy atom. The standard InChI is InChI=1S/C11H8ClN3O2S2/c12-11-14-7-10(18-11)19(16,17)15-6-9-3-1-8(5-13)2-4-9/h1-4,7,15H,6H2. The van der Waals surface area contributed by atoms with Gasteiger partial charge in [0.1, 0.15) is 0 Å². The molecule has 0 spiro atoms. The fourth-order valence-electron chi connectivity index (χ4n) is 1.31. The molecule has 19 heavy (non-hydrogen) atoms. The van der Waals surface area contributed by atoms with Gasteiger partial charge in [0.05, 0.1) is 17.8 Å². The normalized spacial score (nSPS) is 11.2. The number of nitrogens with one attached hydrogen (secondary N) is 1. The summed E-state index contributed by atoms with van der Waals surface area (Å²) in [5.41, 5.74) is 1.29. The lowest BCUT2D eigenvalue weighted by Gasteiger charge is -2.04. The highest BCUT2D eigenvalue weighted by Crippen LogP contribution is 2.22. The molecule has 1 aromatic carbocycles. The van der Waals surface area contributed by atoms with Crippen molar-refractivity contribution in [1.82, 2.24) is 9.71 Å². The van der Waals surface area contributed by atoms with Crippen molar-refractivity contribution in [3.8, 4) is 6.07 Å². The van der Waals surface area contributed by atoms with E-state index in [2.05, 4.69) is 9.71 Å². The minimum atomic E-state index is -3.60. The van der Waals surface area contributed by atoms with Crippen LogP contribution < -0.4 is 4.72 Å². The van der Waals surface area contributed by atoms with Crippen LogP contribution in [0.1, 0.15) is 11.1 Å². The summed E-state index contributed by atoms with van der Waals surface area (Å²) in [4.78, 5) is 3.69. The molecule has 2 rings (SSSR count). The van der Waals surface area contributed by atoms with Crippen LogP contribution in [0.5, 0.6) is 0 Å². The van der Waals surface area contributed by atoms with Crippen LogP contribution >= 0.6 is 22.9 Å². The Kier molecular flexibility index (Phi) is 4.17. The fraction of sp³-hybridized carbons (Fsp3) is 0.0909. The maximum Gasteiger partial charge on any atom is 0.252 e. The summed E-state index contributed by atoms with van der Waals surface area (Å²) in [6, 6.07) is 8.65. The van der Waals surface area contributed by atoms with Gasteiger partial charge in [0.2, 0.25) is 0 Å². The molecule has 0 amide bonds. The second-order valence-corrected chi connectivity index (χ2v) is 7.17. The Morgan fingerprint density at radius 1 is 1.37 bits per heavy atom. The first-order valence-electron chi connectivity index (χ1n) is 5.11. The third-order valence-electron chi connectivity index (χ3n) is 2.27. The maximum absolute atomic E-state index is 11.9. The topological polar surface area (TPSA) is 82.9 Å². The van der Waals surface area contributed by atoms with E-state index < -0.39 is 10.0 Å². The van der Waals surface area contributed by atoms with Crippen molar-refractivity contribution < 1.29 is 8.42 Å². The van der Waals surface area contributed by atoms with Gasteiger partial charge in [0, 0.05) is 6.54 Å². The number of rotatable bonds is 4. The van der Waals surface area contributed by atoms with Gasteiger partial charge in [-0.2, -0.15) is 5.26 Å². The highest BCUT2D eigenvalue weighted by Gasteiger charge is 2.16. The zero-order chi connectivity index (χ0) is 13.9. The first-order valence-corrected chi connectivity index (χ1v) is 7.79. The summed E-state index contributed by atoms with van der Waals surface area (Å²) in [6.45, 7) is 0.142. The molecule has 2 aromatic rings. The number of nitrogens with zero attached hydrogens (tertiary/aromatic N) is 2. The molecule has 1 N–H and O–H groups in total. The second-order valence-electron chi connectivity index (χ2n) is 3.57. The van der Waals surface area contributed by atoms with Gasteiger partial charge >= 0.3 is 0 Å². The van der Waals surface area contributed by atoms with Crippen LogP contribution in [0.25, 0.3) is 0 Å². The first kappa shape index (κ1) is 14.0. The van der Waals surface area contributed by atoms with Crippen LogP contribution in [-0.4, -0.2) is 13.4 Å². The van der Waals surface area contributed by atoms with E-state index in [0.717, 1.165) is 16.9 Å². The van der Waals surface area contributed by atoms with Crippen molar-refractivity contribution >= 4 is 33.0 Å². The maximum atomic E-state index is 11.9. The Balaban J connectivity index is 2.07. The van der Waals surface area contributed by atoms with E-state index in [9.17, 15) is 8.42 Å². The zero-order valence-electron chi connectivity index (χ0n) is 9.50. The number of thiazole rings is 1. The van der Waals surface area contributed by atoms with Crippen LogP contribution in [0, 0.1) is 11.3 Å². The molecule has 1 heterocycles. The van der Waals surface area contributed by atoms with Gasteiger partial charge < -0.3 is 0 Å². The molecule has 1 aromatic heterocycles. The number of benzene rings is 1. The monoisotopic (exact) mass is 313 g/mol. The van der Waals surface area contributed by atoms with E-state index in [1.807, 2.05) is 6.07 Å². The molecule has 0 fully saturated rings. The molecule has 0 unspecified atom stereocenters. The van der Waals surface area contributed by atoms with Gasteiger partial charge in [-0.1, -0.05) is 35.1 Å². The quantitative estimate of drug-likeness (QED) is 0.937. The van der Waals surface area contributed by atoms with E-state index in [-0.39, 0.29) is 15.2 Å². The number of sulfonamides is 1. The highest BCUT2D eigenvalue weighted by molar-refractivity contribution is 7.91. The Labute approximate surface area is 119 Å². The summed E-state index contributed by atoms with van der Waals surface area (Å²) < 4.78 is 26.5. The average molecular weight is 314 g/mol. The van der Waals surface area contributed by atoms with Crippen LogP contribution in [0.2, 0.25) is 4.47 Å². The Morgan fingerprint density at radius 3 is 2.58 bits per heavy atom. The summed E-state index contributed by atoms with van der Waals surface area (Å²) in [6.07, 6.45) is 1.22. The summed E-state index contributed by atoms with van der Waals surface area (Å²) >= 11 is 6.50. The molecule has 0 saturated heterocycles. The van der Waals surface area contributed by atoms with E-state index >= 15 is 0 Å². The van der Waals surface area contributed by atoms with Crippen LogP contribution in [-0.2, 0) is 16.6 Å². The first-order chi connectivity index (χ1) is 9.01. The third kappa shape index (κ3) is 3.52. The minimum Gasteiger partial charge on any atom is -0.232 e. The molecule has 8 heteroatoms. The number of nitriles is 1. The van der Waals surface area contributed by atoms with Crippen molar-refractivity contribution in [2.45, 2.75) is 10.8 Å². The Hall–Kier alpha value is -1.46. The second kappa shape index (κ2) is 5.67. The van der Waals surface area contributed by atoms with E-state index in [4.69, 9.17) is 16.9 Å². The average Bonchev–Trinajstić information content (AvgIpc) is 2.85. The molecule has 0 aliphatic carbocycles. The van der Waals surface area contributed by atoms with Gasteiger partial charge in [-0.15, -0.1) is 0 Å². The van der Waals surface area contributed by atoms with Crippen molar-refractivity contribution in [3.05, 3.63) is 46.1 Å². The largest absolute Gasteiger partial charge is 0.252 e. The highest BCUT2D eigenvalue weighted by atomic mass is 35.5. The summed E-state index contributed by atoms with van der Waals surface area (Å²) in [5.74, 6) is 0. The van der Waals surface area contributed by atoms with E-state index in [1.165, 1.54) is 6.20 Å². The van der Waals surface area contributed by atoms with Gasteiger partial charge in [-0.3, -0.25) is 0 Å². The number of hydrogen-bond acceptors (Lipinski definition) is 5. The molecular formula is C11H8ClN3O2S2. The van der Waals surface area contributed by atoms with Crippen molar-refractivity contribution in [2.24, 2.45) is 0 Å². The van der Waals surface area contributed by atoms with Crippen LogP contribution in [0.3, 0.4) is 0 Å². The van der Waals surface area contributed by atoms with Gasteiger partial charge in [-0.05, 0) is 17.7 Å². The molecule has 5 nitrogen and oxygen atoms in total. The SMILES string of the molecule is N#Cc1ccc(CNS(=O)(=O)c2cnc(Cl)s2)cc1. The molecule has 0 aliphatic rings. The molecule has 0 atom stereocenters. The predicted octanol–water partition coefficient (Wildman–Crippen LogP) is 2.15. The molecule has 0 radical (unpaired) electrons. The molecule has 0 bridgehead atoms. The van der Waals surface area contributed by atoms with Gasteiger partial charge in [-0.25, -0.2) is 18.1 Å². The van der Waals surface area contributed by atoms with Crippen molar-refractivity contribution in [2.75, 3.05) is 0 Å². The predicted molar refractivity (Wildman–Crippen MR) is 72.3 cm³/mol. The lowest BCUT2D eigenvalue weighted by atomic mass is 10.1. The third-order valence-corrected chi connectivity index (χ3v) is 5.25. The number of aromatic nitrogens is 1. The number of halogens is 1. The van der Waals surface area contributed by atoms with Crippen LogP contribution in [0.4, 0.5) is 0 Å². The lowest BCUT2D eigenvalue weighted by Crippen LogP contribution is -2.22. The number of hydrogen-bond donors (Lipinski definition) is 1. The molecule has 0 saturated carbocycles. The molecule has 98 valence electrons. The zero-order valence-corrected chi connectivity index (χ0v) is 11.9. The van der Waals surface area contributed by atoms with Gasteiger partial charge in [0.25, 0.3) is 10.0 Å². The lowest BCUT2D eigenvalue weighted by molar-refractivity contribution is 0.583. The molecular weight excluding hydrogens is 306 g/mol. The van der Waals surface area contributed by atoms with E-state index in [1.54, 1.807) is 24.3 Å². The van der Waals surface area contributed by atoms with E-state index in [0.29, 0.717) is 5.56 Å². The fourth-order valence-corrected chi connectivity index (χ4v) is 3.67. The van der Waals surface area contributed by atoms with Crippen molar-refractivity contribution in [3.63, 3.8) is 0 Å². The summed E-state index contributed by atoms with van der Waals surface area (Å²) in [5, 5.41) is 8.66. The van der Waals surface area contributed by atoms with Gasteiger partial charge in [0.15, 0.2) is 8.68 Å². The summed E-state index contributed by atoms with van der Waals surface area (Å²) in [7, 11) is -3.60.